The maximum atomic E-state index is 11.5. The molecule has 0 aliphatic heterocycles. The average molecular weight is 424 g/mol. The second-order valence-electron chi connectivity index (χ2n) is 9.98. The highest BCUT2D eigenvalue weighted by molar-refractivity contribution is 5.72. The number of benzene rings is 2. The number of carbonyl (C=O) groups is 1. The van der Waals surface area contributed by atoms with E-state index in [4.69, 9.17) is 4.74 Å². The van der Waals surface area contributed by atoms with E-state index < -0.39 is 0 Å². The maximum absolute atomic E-state index is 11.5. The zero-order chi connectivity index (χ0) is 22.4. The molecule has 4 heteroatoms. The lowest BCUT2D eigenvalue weighted by molar-refractivity contribution is -0.139. The second-order valence-corrected chi connectivity index (χ2v) is 9.98. The van der Waals surface area contributed by atoms with Gasteiger partial charge in [0.2, 0.25) is 0 Å². The number of aromatic hydroxyl groups is 1. The molecule has 0 atom stereocenters. The number of hydrogen-bond donors (Lipinski definition) is 1. The predicted octanol–water partition coefficient (Wildman–Crippen LogP) is 5.71. The van der Waals surface area contributed by atoms with Crippen molar-refractivity contribution in [2.75, 3.05) is 7.11 Å². The van der Waals surface area contributed by atoms with Crippen LogP contribution in [0.2, 0.25) is 0 Å². The molecule has 1 aliphatic carbocycles. The molecule has 31 heavy (non-hydrogen) atoms. The van der Waals surface area contributed by atoms with Crippen LogP contribution in [-0.2, 0) is 29.0 Å². The summed E-state index contributed by atoms with van der Waals surface area (Å²) in [6.45, 7) is 8.63. The SMILES string of the molecule is COC(=O)Cc1ccc(CN(Cc2ccccc2)C2CCC(C(C)(C)C)CC2)c(O)c1. The van der Waals surface area contributed by atoms with Gasteiger partial charge in [-0.05, 0) is 54.2 Å². The topological polar surface area (TPSA) is 49.8 Å². The van der Waals surface area contributed by atoms with Crippen LogP contribution >= 0.6 is 0 Å². The van der Waals surface area contributed by atoms with Crippen LogP contribution < -0.4 is 0 Å². The molecular weight excluding hydrogens is 386 g/mol. The van der Waals surface area contributed by atoms with Crippen LogP contribution in [0.25, 0.3) is 0 Å². The summed E-state index contributed by atoms with van der Waals surface area (Å²) < 4.78 is 4.74. The summed E-state index contributed by atoms with van der Waals surface area (Å²) in [5.74, 6) is 0.727. The molecule has 1 saturated carbocycles. The smallest absolute Gasteiger partial charge is 0.309 e. The lowest BCUT2D eigenvalue weighted by atomic mass is 9.71. The van der Waals surface area contributed by atoms with E-state index in [1.165, 1.54) is 38.4 Å². The first-order valence-electron chi connectivity index (χ1n) is 11.4. The Morgan fingerprint density at radius 3 is 2.26 bits per heavy atom. The monoisotopic (exact) mass is 423 g/mol. The molecule has 0 heterocycles. The number of esters is 1. The van der Waals surface area contributed by atoms with Crippen molar-refractivity contribution < 1.29 is 14.6 Å². The molecule has 0 radical (unpaired) electrons. The number of carbonyl (C=O) groups excluding carboxylic acids is 1. The van der Waals surface area contributed by atoms with E-state index in [1.54, 1.807) is 6.07 Å². The summed E-state index contributed by atoms with van der Waals surface area (Å²) in [7, 11) is 1.38. The Balaban J connectivity index is 1.75. The van der Waals surface area contributed by atoms with E-state index in [0.29, 0.717) is 18.0 Å². The van der Waals surface area contributed by atoms with Gasteiger partial charge in [-0.3, -0.25) is 9.69 Å². The minimum absolute atomic E-state index is 0.175. The third-order valence-electron chi connectivity index (χ3n) is 6.77. The molecule has 0 saturated heterocycles. The molecule has 0 amide bonds. The fourth-order valence-electron chi connectivity index (χ4n) is 4.75. The van der Waals surface area contributed by atoms with Gasteiger partial charge in [0, 0.05) is 24.7 Å². The molecule has 168 valence electrons. The van der Waals surface area contributed by atoms with Crippen LogP contribution in [0.5, 0.6) is 5.75 Å². The standard InChI is InChI=1S/C27H37NO3/c1-27(2,3)23-12-14-24(15-13-23)28(18-20-8-6-5-7-9-20)19-22-11-10-21(16-25(22)29)17-26(30)31-4/h5-11,16,23-24,29H,12-15,17-19H2,1-4H3. The van der Waals surface area contributed by atoms with Crippen molar-refractivity contribution in [3.05, 3.63) is 65.2 Å². The van der Waals surface area contributed by atoms with Crippen molar-refractivity contribution in [3.8, 4) is 5.75 Å². The number of rotatable bonds is 7. The first kappa shape index (κ1) is 23.3. The van der Waals surface area contributed by atoms with E-state index >= 15 is 0 Å². The largest absolute Gasteiger partial charge is 0.508 e. The molecular formula is C27H37NO3. The van der Waals surface area contributed by atoms with Crippen LogP contribution in [0.4, 0.5) is 0 Å². The first-order valence-corrected chi connectivity index (χ1v) is 11.4. The fraction of sp³-hybridized carbons (Fsp3) is 0.519. The quantitative estimate of drug-likeness (QED) is 0.579. The molecule has 2 aromatic rings. The molecule has 1 aliphatic rings. The Morgan fingerprint density at radius 1 is 1.00 bits per heavy atom. The predicted molar refractivity (Wildman–Crippen MR) is 125 cm³/mol. The zero-order valence-corrected chi connectivity index (χ0v) is 19.4. The number of ether oxygens (including phenoxy) is 1. The molecule has 0 bridgehead atoms. The normalized spacial score (nSPS) is 19.4. The highest BCUT2D eigenvalue weighted by Crippen LogP contribution is 2.39. The minimum atomic E-state index is -0.298. The van der Waals surface area contributed by atoms with Gasteiger partial charge >= 0.3 is 5.97 Å². The lowest BCUT2D eigenvalue weighted by Crippen LogP contribution is -2.39. The molecule has 0 aromatic heterocycles. The van der Waals surface area contributed by atoms with Gasteiger partial charge in [-0.25, -0.2) is 0 Å². The van der Waals surface area contributed by atoms with Gasteiger partial charge in [0.05, 0.1) is 13.5 Å². The van der Waals surface area contributed by atoms with Crippen LogP contribution in [0.1, 0.15) is 63.1 Å². The number of phenols is 1. The van der Waals surface area contributed by atoms with Crippen LogP contribution in [-0.4, -0.2) is 29.1 Å². The van der Waals surface area contributed by atoms with Crippen molar-refractivity contribution in [1.82, 2.24) is 4.90 Å². The highest BCUT2D eigenvalue weighted by atomic mass is 16.5. The number of methoxy groups -OCH3 is 1. The van der Waals surface area contributed by atoms with E-state index in [1.807, 2.05) is 18.2 Å². The third-order valence-corrected chi connectivity index (χ3v) is 6.77. The molecule has 0 unspecified atom stereocenters. The first-order chi connectivity index (χ1) is 14.8. The fourth-order valence-corrected chi connectivity index (χ4v) is 4.75. The third kappa shape index (κ3) is 6.57. The van der Waals surface area contributed by atoms with Crippen LogP contribution in [0.15, 0.2) is 48.5 Å². The number of phenolic OH excluding ortho intramolecular Hbond substituents is 1. The summed E-state index contributed by atoms with van der Waals surface area (Å²) in [5, 5.41) is 10.7. The van der Waals surface area contributed by atoms with E-state index in [0.717, 1.165) is 23.6 Å². The van der Waals surface area contributed by atoms with E-state index in [2.05, 4.69) is 49.9 Å². The Labute approximate surface area is 187 Å². The van der Waals surface area contributed by atoms with Gasteiger partial charge < -0.3 is 9.84 Å². The van der Waals surface area contributed by atoms with Gasteiger partial charge in [0.1, 0.15) is 5.75 Å². The Hall–Kier alpha value is -2.33. The summed E-state index contributed by atoms with van der Waals surface area (Å²) in [5.41, 5.74) is 3.33. The van der Waals surface area contributed by atoms with Crippen LogP contribution in [0, 0.1) is 11.3 Å². The van der Waals surface area contributed by atoms with Crippen molar-refractivity contribution in [3.63, 3.8) is 0 Å². The van der Waals surface area contributed by atoms with Gasteiger partial charge in [0.15, 0.2) is 0 Å². The Morgan fingerprint density at radius 2 is 1.68 bits per heavy atom. The van der Waals surface area contributed by atoms with Gasteiger partial charge in [-0.15, -0.1) is 0 Å². The summed E-state index contributed by atoms with van der Waals surface area (Å²) in [6.07, 6.45) is 5.06. The lowest BCUT2D eigenvalue weighted by Gasteiger charge is -2.41. The van der Waals surface area contributed by atoms with Crippen molar-refractivity contribution in [1.29, 1.82) is 0 Å². The minimum Gasteiger partial charge on any atom is -0.508 e. The highest BCUT2D eigenvalue weighted by Gasteiger charge is 2.32. The summed E-state index contributed by atoms with van der Waals surface area (Å²) >= 11 is 0. The van der Waals surface area contributed by atoms with Crippen LogP contribution in [0.3, 0.4) is 0 Å². The maximum Gasteiger partial charge on any atom is 0.309 e. The van der Waals surface area contributed by atoms with Crippen molar-refractivity contribution in [2.24, 2.45) is 11.3 Å². The zero-order valence-electron chi connectivity index (χ0n) is 19.4. The number of nitrogens with zero attached hydrogens (tertiary/aromatic N) is 1. The average Bonchev–Trinajstić information content (AvgIpc) is 2.75. The van der Waals surface area contributed by atoms with Gasteiger partial charge in [-0.2, -0.15) is 0 Å². The van der Waals surface area contributed by atoms with E-state index in [-0.39, 0.29) is 18.1 Å². The van der Waals surface area contributed by atoms with Gasteiger partial charge in [0.25, 0.3) is 0 Å². The van der Waals surface area contributed by atoms with Gasteiger partial charge in [-0.1, -0.05) is 63.2 Å². The van der Waals surface area contributed by atoms with Crippen molar-refractivity contribution in [2.45, 2.75) is 72.0 Å². The molecule has 2 aromatic carbocycles. The molecule has 3 rings (SSSR count). The summed E-state index contributed by atoms with van der Waals surface area (Å²) in [4.78, 5) is 14.1. The molecule has 0 spiro atoms. The van der Waals surface area contributed by atoms with Crippen molar-refractivity contribution >= 4 is 5.97 Å². The van der Waals surface area contributed by atoms with E-state index in [9.17, 15) is 9.90 Å². The Kier molecular flexibility index (Phi) is 7.77. The number of hydrogen-bond acceptors (Lipinski definition) is 4. The molecule has 1 N–H and O–H groups in total. The molecule has 1 fully saturated rings. The Bertz CT molecular complexity index is 849. The summed E-state index contributed by atoms with van der Waals surface area (Å²) in [6, 6.07) is 16.6. The molecule has 4 nitrogen and oxygen atoms in total. The second kappa shape index (κ2) is 10.3.